The maximum absolute atomic E-state index is 8.88. The van der Waals surface area contributed by atoms with E-state index in [0.717, 1.165) is 38.5 Å². The Bertz CT molecular complexity index is 388. The number of nitrogens with two attached hydrogens (primary N) is 3. The Balaban J connectivity index is -0.000000146. The Labute approximate surface area is 177 Å². The number of phosphoric acid groups is 1. The molecule has 9 N–H and O–H groups in total. The molecular formula is C21H42N3O4P. The van der Waals surface area contributed by atoms with E-state index in [9.17, 15) is 0 Å². The van der Waals surface area contributed by atoms with Crippen molar-refractivity contribution in [3.8, 4) is 0 Å². The van der Waals surface area contributed by atoms with Crippen molar-refractivity contribution in [2.24, 2.45) is 17.2 Å². The highest BCUT2D eigenvalue weighted by molar-refractivity contribution is 7.45. The Kier molecular flexibility index (Phi) is 31.8. The topological polar surface area (TPSA) is 156 Å². The summed E-state index contributed by atoms with van der Waals surface area (Å²) < 4.78 is 8.88. The van der Waals surface area contributed by atoms with Crippen molar-refractivity contribution >= 4 is 7.82 Å². The molecule has 0 aromatic carbocycles. The molecular weight excluding hydrogens is 389 g/mol. The average Bonchev–Trinajstić information content (AvgIpc) is 2.56. The van der Waals surface area contributed by atoms with Gasteiger partial charge in [-0.3, -0.25) is 0 Å². The van der Waals surface area contributed by atoms with Crippen LogP contribution in [0, 0.1) is 0 Å². The first-order chi connectivity index (χ1) is 13.4. The fourth-order valence-electron chi connectivity index (χ4n) is 1.57. The molecule has 0 unspecified atom stereocenters. The molecule has 0 aromatic rings. The largest absolute Gasteiger partial charge is 0.466 e. The van der Waals surface area contributed by atoms with E-state index in [0.29, 0.717) is 0 Å². The van der Waals surface area contributed by atoms with Gasteiger partial charge >= 0.3 is 7.82 Å². The van der Waals surface area contributed by atoms with Gasteiger partial charge < -0.3 is 31.9 Å². The smallest absolute Gasteiger partial charge is 0.327 e. The summed E-state index contributed by atoms with van der Waals surface area (Å²) >= 11 is 0. The predicted octanol–water partition coefficient (Wildman–Crippen LogP) is 3.47. The van der Waals surface area contributed by atoms with Crippen LogP contribution in [-0.2, 0) is 4.57 Å². The SMILES string of the molecule is C=CCC(N)CC=C.C=CCC(N)CC=C.C=CCC(N)CC=C.O=P(O)(O)O. The zero-order chi connectivity index (χ0) is 23.7. The lowest BCUT2D eigenvalue weighted by molar-refractivity contribution is 0.275. The van der Waals surface area contributed by atoms with Crippen LogP contribution in [-0.4, -0.2) is 32.8 Å². The first-order valence-corrected chi connectivity index (χ1v) is 10.7. The maximum atomic E-state index is 8.88. The van der Waals surface area contributed by atoms with Gasteiger partial charge in [0.15, 0.2) is 0 Å². The first-order valence-electron chi connectivity index (χ1n) is 9.13. The third kappa shape index (κ3) is 58.4. The van der Waals surface area contributed by atoms with Gasteiger partial charge in [0.1, 0.15) is 0 Å². The van der Waals surface area contributed by atoms with Crippen molar-refractivity contribution in [3.63, 3.8) is 0 Å². The zero-order valence-electron chi connectivity index (χ0n) is 17.6. The van der Waals surface area contributed by atoms with Gasteiger partial charge in [0, 0.05) is 18.1 Å². The molecule has 0 radical (unpaired) electrons. The van der Waals surface area contributed by atoms with Crippen molar-refractivity contribution in [1.82, 2.24) is 0 Å². The van der Waals surface area contributed by atoms with Gasteiger partial charge in [-0.25, -0.2) is 4.57 Å². The summed E-state index contributed by atoms with van der Waals surface area (Å²) in [4.78, 5) is 21.6. The lowest BCUT2D eigenvalue weighted by Crippen LogP contribution is -2.17. The van der Waals surface area contributed by atoms with Crippen LogP contribution in [0.25, 0.3) is 0 Å². The van der Waals surface area contributed by atoms with Gasteiger partial charge in [0.2, 0.25) is 0 Å². The van der Waals surface area contributed by atoms with Crippen LogP contribution in [0.4, 0.5) is 0 Å². The Morgan fingerprint density at radius 2 is 0.655 bits per heavy atom. The van der Waals surface area contributed by atoms with Crippen molar-refractivity contribution < 1.29 is 19.2 Å². The minimum absolute atomic E-state index is 0.227. The van der Waals surface area contributed by atoms with E-state index >= 15 is 0 Å². The summed E-state index contributed by atoms with van der Waals surface area (Å²) in [6.45, 7) is 21.4. The molecule has 0 aliphatic carbocycles. The average molecular weight is 432 g/mol. The van der Waals surface area contributed by atoms with Gasteiger partial charge in [-0.15, -0.1) is 39.5 Å². The number of hydrogen-bond donors (Lipinski definition) is 6. The second-order valence-electron chi connectivity index (χ2n) is 5.94. The van der Waals surface area contributed by atoms with E-state index < -0.39 is 7.82 Å². The Morgan fingerprint density at radius 3 is 0.724 bits per heavy atom. The highest BCUT2D eigenvalue weighted by atomic mass is 31.2. The molecule has 0 heterocycles. The van der Waals surface area contributed by atoms with Gasteiger partial charge in [0.25, 0.3) is 0 Å². The molecule has 0 amide bonds. The van der Waals surface area contributed by atoms with Crippen molar-refractivity contribution in [2.45, 2.75) is 56.7 Å². The molecule has 0 aromatic heterocycles. The van der Waals surface area contributed by atoms with Gasteiger partial charge in [0.05, 0.1) is 0 Å². The van der Waals surface area contributed by atoms with Gasteiger partial charge in [-0.2, -0.15) is 0 Å². The van der Waals surface area contributed by atoms with Crippen molar-refractivity contribution in [3.05, 3.63) is 75.9 Å². The van der Waals surface area contributed by atoms with Crippen LogP contribution in [0.2, 0.25) is 0 Å². The molecule has 0 atom stereocenters. The van der Waals surface area contributed by atoms with E-state index in [1.165, 1.54) is 0 Å². The molecule has 0 saturated carbocycles. The Morgan fingerprint density at radius 1 is 0.552 bits per heavy atom. The summed E-state index contributed by atoms with van der Waals surface area (Å²) in [7, 11) is -4.64. The Hall–Kier alpha value is -1.57. The molecule has 0 spiro atoms. The molecule has 8 heteroatoms. The van der Waals surface area contributed by atoms with Crippen LogP contribution in [0.1, 0.15) is 38.5 Å². The second-order valence-corrected chi connectivity index (χ2v) is 6.97. The third-order valence-corrected chi connectivity index (χ3v) is 2.82. The van der Waals surface area contributed by atoms with E-state index in [1.54, 1.807) is 0 Å². The number of hydrogen-bond acceptors (Lipinski definition) is 4. The van der Waals surface area contributed by atoms with E-state index in [4.69, 9.17) is 36.4 Å². The molecule has 0 aliphatic rings. The minimum atomic E-state index is -4.64. The van der Waals surface area contributed by atoms with E-state index in [2.05, 4.69) is 39.5 Å². The molecule has 0 saturated heterocycles. The quantitative estimate of drug-likeness (QED) is 0.204. The molecule has 7 nitrogen and oxygen atoms in total. The highest BCUT2D eigenvalue weighted by Crippen LogP contribution is 2.25. The fraction of sp³-hybridized carbons (Fsp3) is 0.429. The standard InChI is InChI=1S/3C7H13N.H3O4P/c3*1-3-5-7(8)6-4-2;1-5(2,3)4/h3*3-4,7H,1-2,5-6,8H2;(H3,1,2,3,4). The maximum Gasteiger partial charge on any atom is 0.466 e. The third-order valence-electron chi connectivity index (χ3n) is 2.82. The normalized spacial score (nSPS) is 9.69. The van der Waals surface area contributed by atoms with Crippen LogP contribution in [0.15, 0.2) is 75.9 Å². The number of rotatable bonds is 12. The molecule has 0 rings (SSSR count). The van der Waals surface area contributed by atoms with E-state index in [-0.39, 0.29) is 18.1 Å². The van der Waals surface area contributed by atoms with E-state index in [1.807, 2.05) is 36.5 Å². The summed E-state index contributed by atoms with van der Waals surface area (Å²) in [5, 5.41) is 0. The first kappa shape index (κ1) is 34.9. The summed E-state index contributed by atoms with van der Waals surface area (Å²) in [6, 6.07) is 0.681. The minimum Gasteiger partial charge on any atom is -0.327 e. The van der Waals surface area contributed by atoms with Crippen LogP contribution in [0.5, 0.6) is 0 Å². The zero-order valence-corrected chi connectivity index (χ0v) is 18.5. The summed E-state index contributed by atoms with van der Waals surface area (Å²) in [5.41, 5.74) is 16.7. The van der Waals surface area contributed by atoms with Crippen LogP contribution < -0.4 is 17.2 Å². The van der Waals surface area contributed by atoms with Crippen LogP contribution >= 0.6 is 7.82 Å². The van der Waals surface area contributed by atoms with Crippen LogP contribution in [0.3, 0.4) is 0 Å². The fourth-order valence-corrected chi connectivity index (χ4v) is 1.57. The monoisotopic (exact) mass is 431 g/mol. The van der Waals surface area contributed by atoms with Gasteiger partial charge in [-0.05, 0) is 38.5 Å². The van der Waals surface area contributed by atoms with Gasteiger partial charge in [-0.1, -0.05) is 36.5 Å². The molecule has 170 valence electrons. The molecule has 0 bridgehead atoms. The summed E-state index contributed by atoms with van der Waals surface area (Å²) in [5.74, 6) is 0. The lowest BCUT2D eigenvalue weighted by Gasteiger charge is -2.01. The summed E-state index contributed by atoms with van der Waals surface area (Å²) in [6.07, 6.45) is 16.3. The highest BCUT2D eigenvalue weighted by Gasteiger charge is 2.00. The second kappa shape index (κ2) is 26.4. The predicted molar refractivity (Wildman–Crippen MR) is 127 cm³/mol. The molecule has 0 fully saturated rings. The molecule has 29 heavy (non-hydrogen) atoms. The van der Waals surface area contributed by atoms with Crippen molar-refractivity contribution in [1.29, 1.82) is 0 Å². The molecule has 0 aliphatic heterocycles. The van der Waals surface area contributed by atoms with Crippen molar-refractivity contribution in [2.75, 3.05) is 0 Å². The lowest BCUT2D eigenvalue weighted by atomic mass is 10.1.